The molecule has 0 radical (unpaired) electrons. The fourth-order valence-electron chi connectivity index (χ4n) is 0.764. The van der Waals surface area contributed by atoms with Crippen LogP contribution in [0.2, 0.25) is 0 Å². The summed E-state index contributed by atoms with van der Waals surface area (Å²) < 4.78 is 0. The van der Waals surface area contributed by atoms with Crippen LogP contribution in [0.4, 0.5) is 0 Å². The van der Waals surface area contributed by atoms with Gasteiger partial charge in [-0.15, -0.1) is 0 Å². The molecule has 0 aliphatic rings. The quantitative estimate of drug-likeness (QED) is 0.443. The minimum Gasteiger partial charge on any atom is -0.152 e. The van der Waals surface area contributed by atoms with Gasteiger partial charge in [-0.05, 0) is 18.2 Å². The summed E-state index contributed by atoms with van der Waals surface area (Å²) in [5, 5.41) is 1.83. The molecule has 0 rings (SSSR count). The zero-order chi connectivity index (χ0) is 6.95. The third kappa shape index (κ3) is 8.09. The van der Waals surface area contributed by atoms with Gasteiger partial charge in [-0.3, -0.25) is 0 Å². The molecule has 0 saturated carbocycles. The van der Waals surface area contributed by atoms with Crippen LogP contribution in [0.15, 0.2) is 11.5 Å². The molecule has 0 amide bonds. The maximum Gasteiger partial charge on any atom is -0.0343 e. The van der Waals surface area contributed by atoms with Gasteiger partial charge in [0.2, 0.25) is 0 Å². The number of hydrogen-bond donors (Lipinski definition) is 1. The minimum absolute atomic E-state index is 1.20. The second-order valence-electron chi connectivity index (χ2n) is 2.23. The van der Waals surface area contributed by atoms with Crippen molar-refractivity contribution in [2.24, 2.45) is 0 Å². The topological polar surface area (TPSA) is 0 Å². The van der Waals surface area contributed by atoms with Gasteiger partial charge in [-0.2, -0.15) is 12.6 Å². The van der Waals surface area contributed by atoms with E-state index >= 15 is 0 Å². The molecule has 0 aromatic carbocycles. The summed E-state index contributed by atoms with van der Waals surface area (Å²) in [6.45, 7) is 2.23. The second kappa shape index (κ2) is 8.09. The third-order valence-electron chi connectivity index (χ3n) is 1.33. The largest absolute Gasteiger partial charge is 0.152 e. The van der Waals surface area contributed by atoms with Crippen molar-refractivity contribution < 1.29 is 0 Å². The monoisotopic (exact) mass is 144 g/mol. The van der Waals surface area contributed by atoms with Gasteiger partial charge in [-0.25, -0.2) is 0 Å². The van der Waals surface area contributed by atoms with Crippen LogP contribution in [0.25, 0.3) is 0 Å². The molecule has 0 aromatic heterocycles. The highest BCUT2D eigenvalue weighted by atomic mass is 32.1. The average Bonchev–Trinajstić information content (AvgIpc) is 1.89. The summed E-state index contributed by atoms with van der Waals surface area (Å²) in [4.78, 5) is 0. The molecule has 0 aliphatic heterocycles. The van der Waals surface area contributed by atoms with Crippen molar-refractivity contribution in [1.82, 2.24) is 0 Å². The van der Waals surface area contributed by atoms with Crippen molar-refractivity contribution in [3.63, 3.8) is 0 Å². The number of allylic oxidation sites excluding steroid dienone is 1. The maximum absolute atomic E-state index is 3.97. The Labute approximate surface area is 63.8 Å². The molecular weight excluding hydrogens is 128 g/mol. The lowest BCUT2D eigenvalue weighted by Gasteiger charge is -1.92. The van der Waals surface area contributed by atoms with Crippen LogP contribution in [-0.2, 0) is 0 Å². The number of hydrogen-bond acceptors (Lipinski definition) is 1. The lowest BCUT2D eigenvalue weighted by molar-refractivity contribution is 0.675. The van der Waals surface area contributed by atoms with Gasteiger partial charge in [0.1, 0.15) is 0 Å². The van der Waals surface area contributed by atoms with E-state index in [0.717, 1.165) is 0 Å². The van der Waals surface area contributed by atoms with Crippen LogP contribution in [0.3, 0.4) is 0 Å². The van der Waals surface area contributed by atoms with Crippen molar-refractivity contribution >= 4 is 12.6 Å². The molecule has 0 N–H and O–H groups in total. The van der Waals surface area contributed by atoms with E-state index in [1.165, 1.54) is 32.1 Å². The molecule has 54 valence electrons. The Balaban J connectivity index is 2.75. The summed E-state index contributed by atoms with van der Waals surface area (Å²) in [6, 6.07) is 0. The molecule has 0 atom stereocenters. The van der Waals surface area contributed by atoms with Crippen LogP contribution in [0.1, 0.15) is 39.0 Å². The Bertz CT molecular complexity index is 67.0. The lowest BCUT2D eigenvalue weighted by Crippen LogP contribution is -1.72. The molecule has 1 heteroatoms. The van der Waals surface area contributed by atoms with E-state index in [2.05, 4.69) is 25.6 Å². The molecule has 0 saturated heterocycles. The van der Waals surface area contributed by atoms with Gasteiger partial charge in [0, 0.05) is 0 Å². The van der Waals surface area contributed by atoms with Crippen molar-refractivity contribution in [2.75, 3.05) is 0 Å². The Hall–Kier alpha value is 0.0900. The van der Waals surface area contributed by atoms with E-state index in [1.807, 2.05) is 5.41 Å². The predicted octanol–water partition coefficient (Wildman–Crippen LogP) is 3.40. The Morgan fingerprint density at radius 1 is 1.22 bits per heavy atom. The second-order valence-corrected chi connectivity index (χ2v) is 2.53. The minimum atomic E-state index is 1.20. The van der Waals surface area contributed by atoms with Gasteiger partial charge in [0.25, 0.3) is 0 Å². The summed E-state index contributed by atoms with van der Waals surface area (Å²) >= 11 is 3.97. The van der Waals surface area contributed by atoms with Crippen LogP contribution in [-0.4, -0.2) is 0 Å². The SMILES string of the molecule is CCCCCC/C=C/S. The van der Waals surface area contributed by atoms with E-state index in [1.54, 1.807) is 0 Å². The van der Waals surface area contributed by atoms with Gasteiger partial charge >= 0.3 is 0 Å². The highest BCUT2D eigenvalue weighted by Gasteiger charge is 1.82. The first kappa shape index (κ1) is 9.09. The summed E-state index contributed by atoms with van der Waals surface area (Å²) in [6.07, 6.45) is 8.70. The number of rotatable bonds is 5. The lowest BCUT2D eigenvalue weighted by atomic mass is 10.2. The number of thiol groups is 1. The normalized spacial score (nSPS) is 10.9. The van der Waals surface area contributed by atoms with E-state index in [4.69, 9.17) is 0 Å². The van der Waals surface area contributed by atoms with Gasteiger partial charge in [0.05, 0.1) is 0 Å². The fourth-order valence-corrected chi connectivity index (χ4v) is 0.913. The van der Waals surface area contributed by atoms with E-state index in [0.29, 0.717) is 0 Å². The first-order valence-corrected chi connectivity index (χ1v) is 4.22. The highest BCUT2D eigenvalue weighted by Crippen LogP contribution is 2.02. The van der Waals surface area contributed by atoms with Crippen LogP contribution in [0, 0.1) is 0 Å². The van der Waals surface area contributed by atoms with Gasteiger partial charge in [-0.1, -0.05) is 32.3 Å². The van der Waals surface area contributed by atoms with Crippen LogP contribution >= 0.6 is 12.6 Å². The Morgan fingerprint density at radius 2 is 2.00 bits per heavy atom. The molecular formula is C8H16S. The fraction of sp³-hybridized carbons (Fsp3) is 0.750. The van der Waals surface area contributed by atoms with E-state index in [9.17, 15) is 0 Å². The molecule has 9 heavy (non-hydrogen) atoms. The number of unbranched alkanes of at least 4 members (excludes halogenated alkanes) is 4. The zero-order valence-corrected chi connectivity index (χ0v) is 7.03. The smallest absolute Gasteiger partial charge is 0.0343 e. The Kier molecular flexibility index (Phi) is 8.17. The Morgan fingerprint density at radius 3 is 2.56 bits per heavy atom. The predicted molar refractivity (Wildman–Crippen MR) is 46.9 cm³/mol. The first-order chi connectivity index (χ1) is 4.41. The molecule has 0 bridgehead atoms. The standard InChI is InChI=1S/C8H16S/c1-2-3-4-5-6-7-8-9/h7-9H,2-6H2,1H3/b8-7+. The molecule has 0 aliphatic carbocycles. The molecule has 0 heterocycles. The maximum atomic E-state index is 3.97. The molecule has 0 nitrogen and oxygen atoms in total. The van der Waals surface area contributed by atoms with Gasteiger partial charge in [0.15, 0.2) is 0 Å². The average molecular weight is 144 g/mol. The third-order valence-corrected chi connectivity index (χ3v) is 1.54. The van der Waals surface area contributed by atoms with Crippen molar-refractivity contribution in [2.45, 2.75) is 39.0 Å². The zero-order valence-electron chi connectivity index (χ0n) is 6.14. The summed E-state index contributed by atoms with van der Waals surface area (Å²) in [5.41, 5.74) is 0. The molecule has 0 spiro atoms. The van der Waals surface area contributed by atoms with Crippen molar-refractivity contribution in [3.8, 4) is 0 Å². The van der Waals surface area contributed by atoms with Crippen LogP contribution in [0.5, 0.6) is 0 Å². The summed E-state index contributed by atoms with van der Waals surface area (Å²) in [5.74, 6) is 0. The van der Waals surface area contributed by atoms with Crippen LogP contribution < -0.4 is 0 Å². The summed E-state index contributed by atoms with van der Waals surface area (Å²) in [7, 11) is 0. The van der Waals surface area contributed by atoms with Crippen molar-refractivity contribution in [1.29, 1.82) is 0 Å². The molecule has 0 aromatic rings. The molecule has 0 unspecified atom stereocenters. The van der Waals surface area contributed by atoms with Gasteiger partial charge < -0.3 is 0 Å². The molecule has 0 fully saturated rings. The highest BCUT2D eigenvalue weighted by molar-refractivity contribution is 7.83. The van der Waals surface area contributed by atoms with E-state index < -0.39 is 0 Å². The van der Waals surface area contributed by atoms with Crippen molar-refractivity contribution in [3.05, 3.63) is 11.5 Å². The van der Waals surface area contributed by atoms with E-state index in [-0.39, 0.29) is 0 Å². The first-order valence-electron chi connectivity index (χ1n) is 3.71.